The lowest BCUT2D eigenvalue weighted by Gasteiger charge is -2.33. The third kappa shape index (κ3) is 8.57. The van der Waals surface area contributed by atoms with Crippen LogP contribution in [0.2, 0.25) is 5.02 Å². The lowest BCUT2D eigenvalue weighted by molar-refractivity contribution is -0.139. The Bertz CT molecular complexity index is 1430. The number of hydrogen-bond donors (Lipinski definition) is 1. The molecule has 9 heteroatoms. The molecule has 0 unspecified atom stereocenters. The zero-order valence-electron chi connectivity index (χ0n) is 24.4. The fraction of sp³-hybridized carbons (Fsp3) is 0.375. The van der Waals surface area contributed by atoms with Crippen molar-refractivity contribution in [3.63, 3.8) is 0 Å². The second-order valence-electron chi connectivity index (χ2n) is 10.6. The van der Waals surface area contributed by atoms with Crippen LogP contribution in [0.3, 0.4) is 0 Å². The predicted octanol–water partition coefficient (Wildman–Crippen LogP) is 5.77. The van der Waals surface area contributed by atoms with Gasteiger partial charge < -0.3 is 10.2 Å². The molecular weight excluding hydrogens is 558 g/mol. The molecule has 7 nitrogen and oxygen atoms in total. The normalized spacial score (nSPS) is 12.2. The summed E-state index contributed by atoms with van der Waals surface area (Å²) in [6, 6.07) is 20.3. The zero-order chi connectivity index (χ0) is 30.2. The molecule has 0 spiro atoms. The van der Waals surface area contributed by atoms with Crippen molar-refractivity contribution in [1.29, 1.82) is 0 Å². The van der Waals surface area contributed by atoms with Gasteiger partial charge in [0.1, 0.15) is 12.6 Å². The molecule has 0 saturated heterocycles. The molecule has 1 atom stereocenters. The van der Waals surface area contributed by atoms with Gasteiger partial charge in [0.15, 0.2) is 0 Å². The number of amides is 2. The van der Waals surface area contributed by atoms with E-state index in [-0.39, 0.29) is 23.3 Å². The summed E-state index contributed by atoms with van der Waals surface area (Å²) in [5.41, 5.74) is 2.89. The highest BCUT2D eigenvalue weighted by molar-refractivity contribution is 7.92. The predicted molar refractivity (Wildman–Crippen MR) is 166 cm³/mol. The quantitative estimate of drug-likeness (QED) is 0.271. The van der Waals surface area contributed by atoms with Crippen LogP contribution in [0.25, 0.3) is 0 Å². The van der Waals surface area contributed by atoms with Gasteiger partial charge in [-0.05, 0) is 74.1 Å². The van der Waals surface area contributed by atoms with Gasteiger partial charge in [-0.25, -0.2) is 8.42 Å². The molecule has 3 aromatic carbocycles. The maximum absolute atomic E-state index is 14.1. The summed E-state index contributed by atoms with van der Waals surface area (Å²) in [5.74, 6) is -0.469. The van der Waals surface area contributed by atoms with Gasteiger partial charge in [0.05, 0.1) is 10.6 Å². The fourth-order valence-electron chi connectivity index (χ4n) is 4.57. The SMILES string of the molecule is CC[C@@H](C(=O)NCC(C)C)N(CCc1ccccc1)C(=O)CN(c1ccc(Cl)cc1C)S(=O)(=O)c1ccc(C)cc1. The standard InChI is InChI=1S/C32H40ClN3O4S/c1-6-29(32(38)34-21-23(2)3)35(19-18-26-10-8-7-9-11-26)31(37)22-36(30-17-14-27(33)20-25(30)5)41(39,40)28-15-12-24(4)13-16-28/h7-17,20,23,29H,6,18-19,21-22H2,1-5H3,(H,34,38)/t29-/m0/s1. The summed E-state index contributed by atoms with van der Waals surface area (Å²) in [4.78, 5) is 29.0. The number of carbonyl (C=O) groups is 2. The van der Waals surface area contributed by atoms with E-state index in [0.29, 0.717) is 35.7 Å². The van der Waals surface area contributed by atoms with Crippen LogP contribution in [0.4, 0.5) is 5.69 Å². The van der Waals surface area contributed by atoms with Crippen molar-refractivity contribution in [1.82, 2.24) is 10.2 Å². The number of nitrogens with one attached hydrogen (secondary N) is 1. The highest BCUT2D eigenvalue weighted by atomic mass is 35.5. The molecule has 0 aliphatic rings. The first-order valence-electron chi connectivity index (χ1n) is 13.9. The molecule has 0 saturated carbocycles. The topological polar surface area (TPSA) is 86.8 Å². The van der Waals surface area contributed by atoms with Gasteiger partial charge >= 0.3 is 0 Å². The summed E-state index contributed by atoms with van der Waals surface area (Å²) in [7, 11) is -4.13. The second kappa shape index (κ2) is 14.5. The highest BCUT2D eigenvalue weighted by Crippen LogP contribution is 2.29. The molecule has 0 aromatic heterocycles. The van der Waals surface area contributed by atoms with E-state index >= 15 is 0 Å². The van der Waals surface area contributed by atoms with Crippen molar-refractivity contribution in [3.8, 4) is 0 Å². The summed E-state index contributed by atoms with van der Waals surface area (Å²) in [6.07, 6.45) is 0.903. The Morgan fingerprint density at radius 2 is 1.61 bits per heavy atom. The number of halogens is 1. The third-order valence-electron chi connectivity index (χ3n) is 6.87. The number of rotatable bonds is 13. The van der Waals surface area contributed by atoms with Crippen molar-refractivity contribution in [2.24, 2.45) is 5.92 Å². The van der Waals surface area contributed by atoms with E-state index in [2.05, 4.69) is 5.32 Å². The van der Waals surface area contributed by atoms with Crippen LogP contribution in [0.5, 0.6) is 0 Å². The monoisotopic (exact) mass is 597 g/mol. The van der Waals surface area contributed by atoms with Crippen LogP contribution in [0.15, 0.2) is 77.7 Å². The summed E-state index contributed by atoms with van der Waals surface area (Å²) < 4.78 is 29.1. The number of hydrogen-bond acceptors (Lipinski definition) is 4. The van der Waals surface area contributed by atoms with E-state index < -0.39 is 28.5 Å². The van der Waals surface area contributed by atoms with E-state index in [1.165, 1.54) is 17.0 Å². The maximum Gasteiger partial charge on any atom is 0.264 e. The molecule has 0 aliphatic heterocycles. The zero-order valence-corrected chi connectivity index (χ0v) is 26.0. The van der Waals surface area contributed by atoms with E-state index in [1.54, 1.807) is 37.3 Å². The first kappa shape index (κ1) is 32.2. The Labute approximate surface area is 249 Å². The molecule has 0 bridgehead atoms. The number of carbonyl (C=O) groups excluding carboxylic acids is 2. The third-order valence-corrected chi connectivity index (χ3v) is 8.88. The number of benzene rings is 3. The Balaban J connectivity index is 2.03. The maximum atomic E-state index is 14.1. The van der Waals surface area contributed by atoms with Gasteiger partial charge in [-0.2, -0.15) is 0 Å². The molecule has 2 amide bonds. The summed E-state index contributed by atoms with van der Waals surface area (Å²) in [6.45, 7) is 9.76. The van der Waals surface area contributed by atoms with Crippen molar-refractivity contribution in [2.75, 3.05) is 23.9 Å². The van der Waals surface area contributed by atoms with E-state index in [0.717, 1.165) is 15.4 Å². The molecule has 0 radical (unpaired) electrons. The molecule has 3 rings (SSSR count). The van der Waals surface area contributed by atoms with Gasteiger partial charge in [-0.15, -0.1) is 0 Å². The summed E-state index contributed by atoms with van der Waals surface area (Å²) >= 11 is 6.19. The van der Waals surface area contributed by atoms with Gasteiger partial charge in [0, 0.05) is 18.1 Å². The molecule has 220 valence electrons. The molecule has 3 aromatic rings. The van der Waals surface area contributed by atoms with Crippen molar-refractivity contribution < 1.29 is 18.0 Å². The number of anilines is 1. The fourth-order valence-corrected chi connectivity index (χ4v) is 6.27. The largest absolute Gasteiger partial charge is 0.354 e. The summed E-state index contributed by atoms with van der Waals surface area (Å²) in [5, 5.41) is 3.41. The van der Waals surface area contributed by atoms with E-state index in [9.17, 15) is 18.0 Å². The van der Waals surface area contributed by atoms with Gasteiger partial charge in [-0.3, -0.25) is 13.9 Å². The second-order valence-corrected chi connectivity index (χ2v) is 12.9. The minimum Gasteiger partial charge on any atom is -0.354 e. The van der Waals surface area contributed by atoms with Crippen LogP contribution in [0, 0.1) is 19.8 Å². The lowest BCUT2D eigenvalue weighted by atomic mass is 10.1. The minimum atomic E-state index is -4.13. The van der Waals surface area contributed by atoms with Gasteiger partial charge in [-0.1, -0.05) is 80.4 Å². The minimum absolute atomic E-state index is 0.0720. The first-order valence-corrected chi connectivity index (χ1v) is 15.7. The Kier molecular flexibility index (Phi) is 11.4. The van der Waals surface area contributed by atoms with Crippen LogP contribution in [-0.4, -0.2) is 50.8 Å². The highest BCUT2D eigenvalue weighted by Gasteiger charge is 2.34. The molecule has 0 aliphatic carbocycles. The molecular formula is C32H40ClN3O4S. The Hall–Kier alpha value is -3.36. The number of nitrogens with zero attached hydrogens (tertiary/aromatic N) is 2. The molecule has 0 fully saturated rings. The van der Waals surface area contributed by atoms with E-state index in [1.807, 2.05) is 58.0 Å². The number of sulfonamides is 1. The Morgan fingerprint density at radius 3 is 2.20 bits per heavy atom. The van der Waals surface area contributed by atoms with Crippen LogP contribution in [-0.2, 0) is 26.0 Å². The van der Waals surface area contributed by atoms with Crippen LogP contribution in [0.1, 0.15) is 43.9 Å². The molecule has 0 heterocycles. The van der Waals surface area contributed by atoms with Crippen molar-refractivity contribution >= 4 is 39.1 Å². The smallest absolute Gasteiger partial charge is 0.264 e. The van der Waals surface area contributed by atoms with Crippen LogP contribution < -0.4 is 9.62 Å². The number of aryl methyl sites for hydroxylation is 2. The average Bonchev–Trinajstić information content (AvgIpc) is 2.93. The molecule has 1 N–H and O–H groups in total. The lowest BCUT2D eigenvalue weighted by Crippen LogP contribution is -2.53. The van der Waals surface area contributed by atoms with Gasteiger partial charge in [0.2, 0.25) is 11.8 Å². The first-order chi connectivity index (χ1) is 19.4. The van der Waals surface area contributed by atoms with Gasteiger partial charge in [0.25, 0.3) is 10.0 Å². The Morgan fingerprint density at radius 1 is 0.951 bits per heavy atom. The van der Waals surface area contributed by atoms with Crippen molar-refractivity contribution in [2.45, 2.75) is 58.4 Å². The van der Waals surface area contributed by atoms with Crippen LogP contribution >= 0.6 is 11.6 Å². The van der Waals surface area contributed by atoms with Crippen molar-refractivity contribution in [3.05, 3.63) is 94.5 Å². The molecule has 41 heavy (non-hydrogen) atoms. The van der Waals surface area contributed by atoms with E-state index in [4.69, 9.17) is 11.6 Å². The average molecular weight is 598 g/mol.